The Kier molecular flexibility index (Phi) is 5.15. The fourth-order valence-corrected chi connectivity index (χ4v) is 2.64. The molecule has 2 aromatic rings. The summed E-state index contributed by atoms with van der Waals surface area (Å²) >= 11 is 0. The highest BCUT2D eigenvalue weighted by Crippen LogP contribution is 2.25. The molecular weight excluding hydrogens is 282 g/mol. The van der Waals surface area contributed by atoms with Crippen LogP contribution in [0.3, 0.4) is 0 Å². The van der Waals surface area contributed by atoms with E-state index in [2.05, 4.69) is 15.5 Å². The molecule has 3 rings (SSSR count). The van der Waals surface area contributed by atoms with Crippen molar-refractivity contribution in [1.82, 2.24) is 15.5 Å². The molecule has 1 fully saturated rings. The molecule has 6 heteroatoms. The normalized spacial score (nSPS) is 17.5. The molecule has 1 aliphatic rings. The summed E-state index contributed by atoms with van der Waals surface area (Å²) in [6, 6.07) is 9.70. The van der Waals surface area contributed by atoms with Gasteiger partial charge in [-0.1, -0.05) is 35.5 Å². The second kappa shape index (κ2) is 7.49. The summed E-state index contributed by atoms with van der Waals surface area (Å²) in [6.07, 6.45) is 1.86. The summed E-state index contributed by atoms with van der Waals surface area (Å²) in [5.74, 6) is 1.62. The monoisotopic (exact) mass is 303 g/mol. The Hall–Kier alpha value is -1.76. The zero-order valence-electron chi connectivity index (χ0n) is 12.4. The second-order valence-electron chi connectivity index (χ2n) is 5.46. The van der Waals surface area contributed by atoms with Gasteiger partial charge in [-0.3, -0.25) is 0 Å². The Morgan fingerprint density at radius 3 is 2.73 bits per heavy atom. The largest absolute Gasteiger partial charge is 0.394 e. The number of nitrogens with one attached hydrogen (secondary N) is 1. The maximum absolute atomic E-state index is 9.53. The van der Waals surface area contributed by atoms with Crippen LogP contribution >= 0.6 is 0 Å². The summed E-state index contributed by atoms with van der Waals surface area (Å²) in [6.45, 7) is 1.99. The van der Waals surface area contributed by atoms with Gasteiger partial charge in [0.25, 0.3) is 0 Å². The van der Waals surface area contributed by atoms with Crippen LogP contribution in [0, 0.1) is 0 Å². The van der Waals surface area contributed by atoms with Crippen LogP contribution in [0.4, 0.5) is 0 Å². The first kappa shape index (κ1) is 15.1. The predicted molar refractivity (Wildman–Crippen MR) is 80.2 cm³/mol. The lowest BCUT2D eigenvalue weighted by atomic mass is 10.0. The average Bonchev–Trinajstić information content (AvgIpc) is 3.06. The number of hydrogen-bond acceptors (Lipinski definition) is 6. The van der Waals surface area contributed by atoms with Crippen molar-refractivity contribution in [2.75, 3.05) is 19.8 Å². The van der Waals surface area contributed by atoms with E-state index in [1.165, 1.54) is 0 Å². The topological polar surface area (TPSA) is 80.4 Å². The van der Waals surface area contributed by atoms with Crippen molar-refractivity contribution in [1.29, 1.82) is 0 Å². The number of aromatic nitrogens is 2. The molecule has 0 amide bonds. The van der Waals surface area contributed by atoms with Crippen molar-refractivity contribution in [3.63, 3.8) is 0 Å². The molecule has 1 atom stereocenters. The van der Waals surface area contributed by atoms with Gasteiger partial charge in [0.15, 0.2) is 5.82 Å². The fourth-order valence-electron chi connectivity index (χ4n) is 2.64. The van der Waals surface area contributed by atoms with Gasteiger partial charge < -0.3 is 19.7 Å². The van der Waals surface area contributed by atoms with E-state index in [0.29, 0.717) is 24.2 Å². The minimum Gasteiger partial charge on any atom is -0.394 e. The van der Waals surface area contributed by atoms with Crippen LogP contribution in [0.1, 0.15) is 42.1 Å². The highest BCUT2D eigenvalue weighted by atomic mass is 16.5. The predicted octanol–water partition coefficient (Wildman–Crippen LogP) is 1.79. The zero-order valence-corrected chi connectivity index (χ0v) is 12.4. The number of nitrogens with zero attached hydrogens (tertiary/aromatic N) is 2. The SMILES string of the molecule is OC[C@H](NCc1noc(C2CCOCC2)n1)c1ccccc1. The van der Waals surface area contributed by atoms with E-state index in [1.807, 2.05) is 30.3 Å². The van der Waals surface area contributed by atoms with Gasteiger partial charge in [-0.2, -0.15) is 4.98 Å². The molecular formula is C16H21N3O3. The third kappa shape index (κ3) is 3.71. The summed E-state index contributed by atoms with van der Waals surface area (Å²) < 4.78 is 10.7. The Morgan fingerprint density at radius 1 is 1.23 bits per heavy atom. The molecule has 0 radical (unpaired) electrons. The number of hydrogen-bond donors (Lipinski definition) is 2. The van der Waals surface area contributed by atoms with Gasteiger partial charge in [0.1, 0.15) is 0 Å². The minimum atomic E-state index is -0.133. The number of aliphatic hydroxyl groups excluding tert-OH is 1. The third-order valence-electron chi connectivity index (χ3n) is 3.95. The Labute approximate surface area is 129 Å². The van der Waals surface area contributed by atoms with Crippen molar-refractivity contribution in [2.45, 2.75) is 31.3 Å². The lowest BCUT2D eigenvalue weighted by Crippen LogP contribution is -2.24. The lowest BCUT2D eigenvalue weighted by molar-refractivity contribution is 0.0778. The van der Waals surface area contributed by atoms with E-state index >= 15 is 0 Å². The van der Waals surface area contributed by atoms with Gasteiger partial charge in [-0.05, 0) is 18.4 Å². The van der Waals surface area contributed by atoms with E-state index in [9.17, 15) is 5.11 Å². The third-order valence-corrected chi connectivity index (χ3v) is 3.95. The zero-order chi connectivity index (χ0) is 15.2. The first-order chi connectivity index (χ1) is 10.9. The van der Waals surface area contributed by atoms with Gasteiger partial charge in [0.05, 0.1) is 19.2 Å². The fraction of sp³-hybridized carbons (Fsp3) is 0.500. The molecule has 118 valence electrons. The molecule has 1 aromatic carbocycles. The van der Waals surface area contributed by atoms with Crippen LogP contribution in [-0.2, 0) is 11.3 Å². The molecule has 2 N–H and O–H groups in total. The molecule has 6 nitrogen and oxygen atoms in total. The van der Waals surface area contributed by atoms with E-state index in [-0.39, 0.29) is 12.6 Å². The number of rotatable bonds is 6. The van der Waals surface area contributed by atoms with Crippen LogP contribution in [0.5, 0.6) is 0 Å². The number of aliphatic hydroxyl groups is 1. The van der Waals surface area contributed by atoms with Gasteiger partial charge in [-0.25, -0.2) is 0 Å². The smallest absolute Gasteiger partial charge is 0.229 e. The maximum atomic E-state index is 9.53. The van der Waals surface area contributed by atoms with Crippen LogP contribution in [0.25, 0.3) is 0 Å². The first-order valence-electron chi connectivity index (χ1n) is 7.66. The molecule has 0 aliphatic carbocycles. The molecule has 2 heterocycles. The van der Waals surface area contributed by atoms with Crippen molar-refractivity contribution in [3.8, 4) is 0 Å². The Bertz CT molecular complexity index is 567. The second-order valence-corrected chi connectivity index (χ2v) is 5.46. The van der Waals surface area contributed by atoms with E-state index in [1.54, 1.807) is 0 Å². The molecule has 22 heavy (non-hydrogen) atoms. The summed E-state index contributed by atoms with van der Waals surface area (Å²) in [5, 5.41) is 16.8. The molecule has 1 saturated heterocycles. The minimum absolute atomic E-state index is 0.0225. The molecule has 0 bridgehead atoms. The van der Waals surface area contributed by atoms with Gasteiger partial charge >= 0.3 is 0 Å². The van der Waals surface area contributed by atoms with Crippen molar-refractivity contribution < 1.29 is 14.4 Å². The molecule has 0 unspecified atom stereocenters. The summed E-state index contributed by atoms with van der Waals surface area (Å²) in [7, 11) is 0. The molecule has 1 aromatic heterocycles. The van der Waals surface area contributed by atoms with Crippen molar-refractivity contribution >= 4 is 0 Å². The number of ether oxygens (including phenoxy) is 1. The highest BCUT2D eigenvalue weighted by Gasteiger charge is 2.22. The van der Waals surface area contributed by atoms with E-state index in [0.717, 1.165) is 31.6 Å². The Balaban J connectivity index is 1.58. The Morgan fingerprint density at radius 2 is 2.00 bits per heavy atom. The van der Waals surface area contributed by atoms with Crippen molar-refractivity contribution in [3.05, 3.63) is 47.6 Å². The standard InChI is InChI=1S/C16H21N3O3/c20-11-14(12-4-2-1-3-5-12)17-10-15-18-16(22-19-15)13-6-8-21-9-7-13/h1-5,13-14,17,20H,6-11H2/t14-/m0/s1. The first-order valence-corrected chi connectivity index (χ1v) is 7.66. The summed E-state index contributed by atoms with van der Waals surface area (Å²) in [5.41, 5.74) is 1.04. The van der Waals surface area contributed by atoms with Gasteiger partial charge in [-0.15, -0.1) is 0 Å². The van der Waals surface area contributed by atoms with Crippen LogP contribution in [0.2, 0.25) is 0 Å². The van der Waals surface area contributed by atoms with Crippen LogP contribution < -0.4 is 5.32 Å². The molecule has 1 aliphatic heterocycles. The van der Waals surface area contributed by atoms with Crippen molar-refractivity contribution in [2.24, 2.45) is 0 Å². The maximum Gasteiger partial charge on any atom is 0.229 e. The van der Waals surface area contributed by atoms with E-state index in [4.69, 9.17) is 9.26 Å². The average molecular weight is 303 g/mol. The van der Waals surface area contributed by atoms with Gasteiger partial charge in [0, 0.05) is 19.1 Å². The molecule has 0 saturated carbocycles. The number of benzene rings is 1. The quantitative estimate of drug-likeness (QED) is 0.847. The van der Waals surface area contributed by atoms with Crippen LogP contribution in [0.15, 0.2) is 34.9 Å². The summed E-state index contributed by atoms with van der Waals surface area (Å²) in [4.78, 5) is 4.46. The van der Waals surface area contributed by atoms with Gasteiger partial charge in [0.2, 0.25) is 5.89 Å². The molecule has 0 spiro atoms. The van der Waals surface area contributed by atoms with E-state index < -0.39 is 0 Å². The lowest BCUT2D eigenvalue weighted by Gasteiger charge is -2.18. The van der Waals surface area contributed by atoms with Crippen LogP contribution in [-0.4, -0.2) is 35.1 Å². The highest BCUT2D eigenvalue weighted by molar-refractivity contribution is 5.18.